The van der Waals surface area contributed by atoms with Gasteiger partial charge in [0, 0.05) is 11.9 Å². The molecule has 0 unspecified atom stereocenters. The third-order valence-electron chi connectivity index (χ3n) is 2.32. The topological polar surface area (TPSA) is 34.9 Å². The van der Waals surface area contributed by atoms with Gasteiger partial charge >= 0.3 is 0 Å². The summed E-state index contributed by atoms with van der Waals surface area (Å²) >= 11 is 7.14. The molecule has 94 valence electrons. The van der Waals surface area contributed by atoms with Crippen LogP contribution in [0.2, 0.25) is 5.02 Å². The van der Waals surface area contributed by atoms with E-state index in [2.05, 4.69) is 5.10 Å². The van der Waals surface area contributed by atoms with Crippen molar-refractivity contribution in [3.8, 4) is 0 Å². The fraction of sp³-hybridized carbons (Fsp3) is 0.167. The van der Waals surface area contributed by atoms with E-state index in [-0.39, 0.29) is 17.4 Å². The molecule has 0 aliphatic rings. The Bertz CT molecular complexity index is 566. The van der Waals surface area contributed by atoms with Crippen LogP contribution in [0.3, 0.4) is 0 Å². The molecule has 0 bridgehead atoms. The number of rotatable bonds is 4. The number of nitrogens with zero attached hydrogens (tertiary/aromatic N) is 2. The molecule has 0 atom stereocenters. The van der Waals surface area contributed by atoms with Gasteiger partial charge in [-0.3, -0.25) is 9.48 Å². The Hall–Kier alpha value is -1.33. The average molecular weight is 285 g/mol. The number of halogens is 2. The molecule has 2 aromatic rings. The summed E-state index contributed by atoms with van der Waals surface area (Å²) in [7, 11) is 1.66. The van der Waals surface area contributed by atoms with E-state index in [1.165, 1.54) is 34.8 Å². The average Bonchev–Trinajstić information content (AvgIpc) is 2.66. The highest BCUT2D eigenvalue weighted by Crippen LogP contribution is 2.22. The van der Waals surface area contributed by atoms with Crippen molar-refractivity contribution in [2.75, 3.05) is 5.75 Å². The minimum absolute atomic E-state index is 0.130. The SMILES string of the molecule is Cn1ncc(Cl)c1C(=O)CSc1cccc(F)c1. The monoisotopic (exact) mass is 284 g/mol. The first kappa shape index (κ1) is 13.1. The molecule has 0 amide bonds. The Morgan fingerprint density at radius 2 is 2.33 bits per heavy atom. The van der Waals surface area contributed by atoms with Crippen LogP contribution in [0.25, 0.3) is 0 Å². The second-order valence-corrected chi connectivity index (χ2v) is 5.09. The highest BCUT2D eigenvalue weighted by atomic mass is 35.5. The van der Waals surface area contributed by atoms with Gasteiger partial charge in [-0.15, -0.1) is 11.8 Å². The second-order valence-electron chi connectivity index (χ2n) is 3.63. The maximum atomic E-state index is 13.0. The summed E-state index contributed by atoms with van der Waals surface area (Å²) < 4.78 is 14.4. The number of aryl methyl sites for hydroxylation is 1. The highest BCUT2D eigenvalue weighted by molar-refractivity contribution is 8.00. The second kappa shape index (κ2) is 5.54. The lowest BCUT2D eigenvalue weighted by Crippen LogP contribution is -2.09. The summed E-state index contributed by atoms with van der Waals surface area (Å²) in [5.74, 6) is -0.247. The van der Waals surface area contributed by atoms with E-state index in [4.69, 9.17) is 11.6 Å². The van der Waals surface area contributed by atoms with Crippen molar-refractivity contribution in [2.24, 2.45) is 7.05 Å². The maximum Gasteiger partial charge on any atom is 0.192 e. The molecular weight excluding hydrogens is 275 g/mol. The van der Waals surface area contributed by atoms with Crippen LogP contribution in [0, 0.1) is 5.82 Å². The van der Waals surface area contributed by atoms with E-state index < -0.39 is 0 Å². The minimum atomic E-state index is -0.314. The normalized spacial score (nSPS) is 10.6. The van der Waals surface area contributed by atoms with E-state index in [0.717, 1.165) is 0 Å². The smallest absolute Gasteiger partial charge is 0.192 e. The molecule has 0 radical (unpaired) electrons. The standard InChI is InChI=1S/C12H10ClFN2OS/c1-16-12(10(13)6-15-16)11(17)7-18-9-4-2-3-8(14)5-9/h2-6H,7H2,1H3. The van der Waals surface area contributed by atoms with Crippen LogP contribution in [0.4, 0.5) is 4.39 Å². The van der Waals surface area contributed by atoms with Gasteiger partial charge in [-0.05, 0) is 18.2 Å². The predicted octanol–water partition coefficient (Wildman–Crippen LogP) is 3.19. The summed E-state index contributed by atoms with van der Waals surface area (Å²) in [5, 5.41) is 4.24. The largest absolute Gasteiger partial charge is 0.291 e. The van der Waals surface area contributed by atoms with Crippen molar-refractivity contribution in [1.29, 1.82) is 0 Å². The number of hydrogen-bond donors (Lipinski definition) is 0. The first-order valence-electron chi connectivity index (χ1n) is 5.17. The zero-order valence-corrected chi connectivity index (χ0v) is 11.1. The Kier molecular flexibility index (Phi) is 4.04. The Morgan fingerprint density at radius 3 is 2.94 bits per heavy atom. The molecule has 6 heteroatoms. The van der Waals surface area contributed by atoms with Crippen LogP contribution in [0.5, 0.6) is 0 Å². The fourth-order valence-corrected chi connectivity index (χ4v) is 2.57. The minimum Gasteiger partial charge on any atom is -0.291 e. The van der Waals surface area contributed by atoms with Crippen molar-refractivity contribution in [2.45, 2.75) is 4.90 Å². The number of ketones is 1. The zero-order valence-electron chi connectivity index (χ0n) is 9.56. The molecule has 3 nitrogen and oxygen atoms in total. The van der Waals surface area contributed by atoms with E-state index in [1.807, 2.05) is 0 Å². The molecule has 2 rings (SSSR count). The molecule has 0 N–H and O–H groups in total. The van der Waals surface area contributed by atoms with Gasteiger partial charge in [0.15, 0.2) is 5.78 Å². The summed E-state index contributed by atoms with van der Waals surface area (Å²) in [4.78, 5) is 12.7. The summed E-state index contributed by atoms with van der Waals surface area (Å²) in [6.45, 7) is 0. The van der Waals surface area contributed by atoms with Crippen molar-refractivity contribution >= 4 is 29.1 Å². The summed E-state index contributed by atoms with van der Waals surface area (Å²) in [5.41, 5.74) is 0.376. The van der Waals surface area contributed by atoms with Crippen LogP contribution < -0.4 is 0 Å². The number of benzene rings is 1. The number of carbonyl (C=O) groups excluding carboxylic acids is 1. The van der Waals surface area contributed by atoms with Gasteiger partial charge in [0.2, 0.25) is 0 Å². The van der Waals surface area contributed by atoms with Gasteiger partial charge in [0.1, 0.15) is 11.5 Å². The van der Waals surface area contributed by atoms with Crippen LogP contribution in [0.1, 0.15) is 10.5 Å². The van der Waals surface area contributed by atoms with Crippen molar-refractivity contribution in [3.63, 3.8) is 0 Å². The molecular formula is C12H10ClFN2OS. The van der Waals surface area contributed by atoms with Gasteiger partial charge in [0.05, 0.1) is 17.0 Å². The molecule has 1 aromatic heterocycles. The summed E-state index contributed by atoms with van der Waals surface area (Å²) in [6.07, 6.45) is 1.43. The highest BCUT2D eigenvalue weighted by Gasteiger charge is 2.15. The van der Waals surface area contributed by atoms with Crippen LogP contribution in [-0.4, -0.2) is 21.3 Å². The van der Waals surface area contributed by atoms with Crippen LogP contribution >= 0.6 is 23.4 Å². The Labute approximate surface area is 113 Å². The molecule has 0 fully saturated rings. The molecule has 1 heterocycles. The van der Waals surface area contributed by atoms with E-state index in [1.54, 1.807) is 19.2 Å². The molecule has 0 saturated heterocycles. The van der Waals surface area contributed by atoms with Crippen molar-refractivity contribution in [3.05, 3.63) is 47.0 Å². The quantitative estimate of drug-likeness (QED) is 0.639. The molecule has 0 saturated carbocycles. The van der Waals surface area contributed by atoms with E-state index in [9.17, 15) is 9.18 Å². The lowest BCUT2D eigenvalue weighted by molar-refractivity contribution is 0.101. The number of hydrogen-bond acceptors (Lipinski definition) is 3. The van der Waals surface area contributed by atoms with E-state index in [0.29, 0.717) is 15.6 Å². The third kappa shape index (κ3) is 2.91. The Morgan fingerprint density at radius 1 is 1.56 bits per heavy atom. The number of carbonyl (C=O) groups is 1. The number of aromatic nitrogens is 2. The molecule has 18 heavy (non-hydrogen) atoms. The number of Topliss-reactive ketones (excluding diaryl/α,β-unsaturated/α-hetero) is 1. The molecule has 1 aromatic carbocycles. The summed E-state index contributed by atoms with van der Waals surface area (Å²) in [6, 6.07) is 6.12. The van der Waals surface area contributed by atoms with Gasteiger partial charge in [-0.2, -0.15) is 5.10 Å². The number of thioether (sulfide) groups is 1. The third-order valence-corrected chi connectivity index (χ3v) is 3.59. The van der Waals surface area contributed by atoms with Crippen molar-refractivity contribution in [1.82, 2.24) is 9.78 Å². The van der Waals surface area contributed by atoms with E-state index >= 15 is 0 Å². The lowest BCUT2D eigenvalue weighted by Gasteiger charge is -2.03. The molecule has 0 spiro atoms. The van der Waals surface area contributed by atoms with Crippen LogP contribution in [-0.2, 0) is 7.05 Å². The predicted molar refractivity (Wildman–Crippen MR) is 69.7 cm³/mol. The van der Waals surface area contributed by atoms with Crippen molar-refractivity contribution < 1.29 is 9.18 Å². The first-order valence-corrected chi connectivity index (χ1v) is 6.53. The first-order chi connectivity index (χ1) is 8.58. The zero-order chi connectivity index (χ0) is 13.1. The van der Waals surface area contributed by atoms with Gasteiger partial charge in [-0.25, -0.2) is 4.39 Å². The van der Waals surface area contributed by atoms with Crippen LogP contribution in [0.15, 0.2) is 35.4 Å². The van der Waals surface area contributed by atoms with Gasteiger partial charge in [-0.1, -0.05) is 17.7 Å². The molecule has 0 aliphatic carbocycles. The fourth-order valence-electron chi connectivity index (χ4n) is 1.50. The van der Waals surface area contributed by atoms with Gasteiger partial charge < -0.3 is 0 Å². The van der Waals surface area contributed by atoms with Gasteiger partial charge in [0.25, 0.3) is 0 Å². The lowest BCUT2D eigenvalue weighted by atomic mass is 10.3. The Balaban J connectivity index is 2.05. The maximum absolute atomic E-state index is 13.0. The molecule has 0 aliphatic heterocycles.